The van der Waals surface area contributed by atoms with Crippen LogP contribution in [0, 0.1) is 6.92 Å². The van der Waals surface area contributed by atoms with Gasteiger partial charge in [-0.2, -0.15) is 4.80 Å². The van der Waals surface area contributed by atoms with Gasteiger partial charge in [-0.15, -0.1) is 20.4 Å². The Kier molecular flexibility index (Phi) is 3.82. The van der Waals surface area contributed by atoms with Crippen molar-refractivity contribution in [3.8, 4) is 0 Å². The molecule has 8 heteroatoms. The number of aryl methyl sites for hydroxylation is 1. The number of fused-ring (bicyclic) bond motifs is 1. The fraction of sp³-hybridized carbons (Fsp3) is 0.381. The molecular formula is C21H23N7O. The van der Waals surface area contributed by atoms with E-state index in [1.807, 2.05) is 22.7 Å². The topological polar surface area (TPSA) is 94.0 Å². The number of rotatable bonds is 5. The van der Waals surface area contributed by atoms with Crippen LogP contribution in [0.2, 0.25) is 0 Å². The molecule has 0 unspecified atom stereocenters. The molecule has 29 heavy (non-hydrogen) atoms. The molecule has 0 aliphatic heterocycles. The smallest absolute Gasteiger partial charge is 0.188 e. The van der Waals surface area contributed by atoms with Gasteiger partial charge in [-0.25, -0.2) is 0 Å². The Morgan fingerprint density at radius 3 is 2.52 bits per heavy atom. The molecule has 3 aromatic heterocycles. The Balaban J connectivity index is 1.50. The summed E-state index contributed by atoms with van der Waals surface area (Å²) >= 11 is 0. The van der Waals surface area contributed by atoms with Crippen LogP contribution in [0.1, 0.15) is 55.0 Å². The van der Waals surface area contributed by atoms with Crippen molar-refractivity contribution in [3.63, 3.8) is 0 Å². The molecule has 1 N–H and O–H groups in total. The summed E-state index contributed by atoms with van der Waals surface area (Å²) < 4.78 is 1.95. The zero-order valence-electron chi connectivity index (χ0n) is 16.7. The molecule has 0 bridgehead atoms. The fourth-order valence-corrected chi connectivity index (χ4v) is 3.75. The van der Waals surface area contributed by atoms with Crippen molar-refractivity contribution in [2.24, 2.45) is 0 Å². The van der Waals surface area contributed by atoms with Crippen LogP contribution in [0.5, 0.6) is 0 Å². The molecule has 5 rings (SSSR count). The van der Waals surface area contributed by atoms with Crippen molar-refractivity contribution in [1.29, 1.82) is 0 Å². The molecule has 0 amide bonds. The van der Waals surface area contributed by atoms with E-state index in [4.69, 9.17) is 0 Å². The van der Waals surface area contributed by atoms with E-state index in [9.17, 15) is 5.11 Å². The first-order valence-electron chi connectivity index (χ1n) is 9.78. The number of hydrogen-bond acceptors (Lipinski definition) is 6. The highest BCUT2D eigenvalue weighted by molar-refractivity contribution is 5.52. The molecule has 8 nitrogen and oxygen atoms in total. The molecule has 3 heterocycles. The molecule has 1 fully saturated rings. The zero-order chi connectivity index (χ0) is 20.2. The minimum atomic E-state index is -1.00. The lowest BCUT2D eigenvalue weighted by atomic mass is 9.99. The van der Waals surface area contributed by atoms with E-state index in [0.717, 1.165) is 29.8 Å². The second-order valence-corrected chi connectivity index (χ2v) is 8.41. The summed E-state index contributed by atoms with van der Waals surface area (Å²) in [5.74, 6) is 1.47. The number of benzene rings is 1. The van der Waals surface area contributed by atoms with Crippen LogP contribution in [0.4, 0.5) is 0 Å². The van der Waals surface area contributed by atoms with E-state index < -0.39 is 5.60 Å². The molecule has 148 valence electrons. The Labute approximate surface area is 168 Å². The maximum absolute atomic E-state index is 10.5. The first-order chi connectivity index (χ1) is 13.9. The van der Waals surface area contributed by atoms with Crippen LogP contribution in [0.25, 0.3) is 5.65 Å². The van der Waals surface area contributed by atoms with E-state index >= 15 is 0 Å². The van der Waals surface area contributed by atoms with Crippen molar-refractivity contribution in [3.05, 3.63) is 70.9 Å². The van der Waals surface area contributed by atoms with Gasteiger partial charge in [-0.05, 0) is 50.5 Å². The molecule has 0 radical (unpaired) electrons. The molecule has 0 spiro atoms. The molecule has 1 aromatic carbocycles. The largest absolute Gasteiger partial charge is 0.386 e. The van der Waals surface area contributed by atoms with Gasteiger partial charge in [0.15, 0.2) is 17.3 Å². The number of pyridine rings is 1. The van der Waals surface area contributed by atoms with Gasteiger partial charge in [0.05, 0.1) is 17.6 Å². The fourth-order valence-electron chi connectivity index (χ4n) is 3.75. The van der Waals surface area contributed by atoms with Crippen LogP contribution in [0.3, 0.4) is 0 Å². The van der Waals surface area contributed by atoms with Crippen molar-refractivity contribution in [2.45, 2.75) is 51.2 Å². The van der Waals surface area contributed by atoms with Gasteiger partial charge in [0.2, 0.25) is 0 Å². The third-order valence-corrected chi connectivity index (χ3v) is 5.60. The lowest BCUT2D eigenvalue weighted by Gasteiger charge is -2.18. The van der Waals surface area contributed by atoms with E-state index in [1.54, 1.807) is 18.6 Å². The van der Waals surface area contributed by atoms with Gasteiger partial charge in [0.25, 0.3) is 0 Å². The van der Waals surface area contributed by atoms with Crippen LogP contribution in [-0.2, 0) is 17.6 Å². The van der Waals surface area contributed by atoms with E-state index in [2.05, 4.69) is 56.8 Å². The minimum Gasteiger partial charge on any atom is -0.386 e. The monoisotopic (exact) mass is 389 g/mol. The normalized spacial score (nSPS) is 15.7. The van der Waals surface area contributed by atoms with Crippen molar-refractivity contribution in [1.82, 2.24) is 34.8 Å². The van der Waals surface area contributed by atoms with Gasteiger partial charge in [-0.1, -0.05) is 35.9 Å². The number of aromatic nitrogens is 7. The summed E-state index contributed by atoms with van der Waals surface area (Å²) in [5.41, 5.74) is 2.38. The van der Waals surface area contributed by atoms with Crippen LogP contribution in [0.15, 0.2) is 42.6 Å². The van der Waals surface area contributed by atoms with Crippen LogP contribution in [-0.4, -0.2) is 39.9 Å². The maximum Gasteiger partial charge on any atom is 0.188 e. The number of tetrazole rings is 1. The lowest BCUT2D eigenvalue weighted by molar-refractivity contribution is 0.0796. The summed E-state index contributed by atoms with van der Waals surface area (Å²) in [6.45, 7) is 6.15. The van der Waals surface area contributed by atoms with Crippen LogP contribution < -0.4 is 0 Å². The second kappa shape index (κ2) is 6.18. The predicted molar refractivity (Wildman–Crippen MR) is 106 cm³/mol. The zero-order valence-corrected chi connectivity index (χ0v) is 16.7. The summed E-state index contributed by atoms with van der Waals surface area (Å²) in [7, 11) is 0. The Bertz CT molecular complexity index is 1180. The molecular weight excluding hydrogens is 366 g/mol. The number of hydrogen-bond donors (Lipinski definition) is 1. The third kappa shape index (κ3) is 3.00. The summed E-state index contributed by atoms with van der Waals surface area (Å²) in [6.07, 6.45) is 3.73. The van der Waals surface area contributed by atoms with Gasteiger partial charge < -0.3 is 5.11 Å². The summed E-state index contributed by atoms with van der Waals surface area (Å²) in [6, 6.07) is 12.1. The first kappa shape index (κ1) is 17.9. The summed E-state index contributed by atoms with van der Waals surface area (Å²) in [5, 5.41) is 32.6. The highest BCUT2D eigenvalue weighted by atomic mass is 16.3. The van der Waals surface area contributed by atoms with Gasteiger partial charge >= 0.3 is 0 Å². The summed E-state index contributed by atoms with van der Waals surface area (Å²) in [4.78, 5) is 1.63. The van der Waals surface area contributed by atoms with Gasteiger partial charge in [0, 0.05) is 11.8 Å². The van der Waals surface area contributed by atoms with E-state index in [0.29, 0.717) is 18.0 Å². The SMILES string of the molecule is Cc1ccc(Cn2nnc(C3(c4nnc5c(C(C)(C)O)cccn45)CC3)n2)cc1. The van der Waals surface area contributed by atoms with Crippen molar-refractivity contribution >= 4 is 5.65 Å². The maximum atomic E-state index is 10.5. The van der Waals surface area contributed by atoms with Crippen molar-refractivity contribution in [2.75, 3.05) is 0 Å². The molecule has 0 saturated heterocycles. The lowest BCUT2D eigenvalue weighted by Crippen LogP contribution is -2.19. The van der Waals surface area contributed by atoms with Crippen molar-refractivity contribution < 1.29 is 5.11 Å². The van der Waals surface area contributed by atoms with Gasteiger partial charge in [0.1, 0.15) is 0 Å². The highest BCUT2D eigenvalue weighted by Crippen LogP contribution is 2.51. The molecule has 1 aliphatic carbocycles. The first-order valence-corrected chi connectivity index (χ1v) is 9.78. The minimum absolute atomic E-state index is 0.372. The van der Waals surface area contributed by atoms with Crippen LogP contribution >= 0.6 is 0 Å². The second-order valence-electron chi connectivity index (χ2n) is 8.41. The Hall–Kier alpha value is -3.13. The molecule has 1 aliphatic rings. The predicted octanol–water partition coefficient (Wildman–Crippen LogP) is 2.38. The highest BCUT2D eigenvalue weighted by Gasteiger charge is 2.53. The third-order valence-electron chi connectivity index (χ3n) is 5.60. The average molecular weight is 389 g/mol. The van der Waals surface area contributed by atoms with E-state index in [-0.39, 0.29) is 5.41 Å². The average Bonchev–Trinajstić information content (AvgIpc) is 3.15. The Morgan fingerprint density at radius 2 is 1.83 bits per heavy atom. The number of nitrogens with zero attached hydrogens (tertiary/aromatic N) is 7. The molecule has 0 atom stereocenters. The number of aliphatic hydroxyl groups is 1. The Morgan fingerprint density at radius 1 is 1.07 bits per heavy atom. The van der Waals surface area contributed by atoms with Gasteiger partial charge in [-0.3, -0.25) is 4.40 Å². The standard InChI is InChI=1S/C21H23N7O/c1-14-6-8-15(9-7-14)13-28-25-18(23-26-28)21(10-11-21)19-24-22-17-16(20(2,3)29)5-4-12-27(17)19/h4-9,12,29H,10-11,13H2,1-3H3. The quantitative estimate of drug-likeness (QED) is 0.563. The van der Waals surface area contributed by atoms with E-state index in [1.165, 1.54) is 5.56 Å². The molecule has 1 saturated carbocycles. The molecule has 4 aromatic rings.